The highest BCUT2D eigenvalue weighted by atomic mass is 16.5. The molecule has 3 aromatic rings. The fourth-order valence-electron chi connectivity index (χ4n) is 2.22. The van der Waals surface area contributed by atoms with E-state index in [1.54, 1.807) is 49.8 Å². The summed E-state index contributed by atoms with van der Waals surface area (Å²) in [6.45, 7) is 0.609. The molecule has 25 heavy (non-hydrogen) atoms. The minimum Gasteiger partial charge on any atom is -0.497 e. The second-order valence-corrected chi connectivity index (χ2v) is 5.29. The van der Waals surface area contributed by atoms with Crippen molar-refractivity contribution >= 4 is 17.4 Å². The van der Waals surface area contributed by atoms with Gasteiger partial charge in [-0.15, -0.1) is 0 Å². The van der Waals surface area contributed by atoms with Gasteiger partial charge in [0.2, 0.25) is 0 Å². The molecule has 1 aromatic carbocycles. The maximum Gasteiger partial charge on any atom is 0.256 e. The van der Waals surface area contributed by atoms with Crippen LogP contribution >= 0.6 is 0 Å². The normalized spacial score (nSPS) is 10.1. The summed E-state index contributed by atoms with van der Waals surface area (Å²) in [6.07, 6.45) is 3.43. The summed E-state index contributed by atoms with van der Waals surface area (Å²) < 4.78 is 5.13. The highest BCUT2D eigenvalue weighted by Crippen LogP contribution is 2.15. The summed E-state index contributed by atoms with van der Waals surface area (Å²) in [4.78, 5) is 20.7. The molecule has 0 aliphatic heterocycles. The number of carbonyl (C=O) groups is 1. The molecule has 0 aliphatic rings. The van der Waals surface area contributed by atoms with Crippen molar-refractivity contribution in [2.45, 2.75) is 6.54 Å². The molecule has 0 aliphatic carbocycles. The van der Waals surface area contributed by atoms with Crippen LogP contribution in [0.25, 0.3) is 0 Å². The van der Waals surface area contributed by atoms with Crippen LogP contribution in [-0.4, -0.2) is 23.0 Å². The van der Waals surface area contributed by atoms with Crippen LogP contribution < -0.4 is 15.4 Å². The third-order valence-corrected chi connectivity index (χ3v) is 3.54. The average molecular weight is 334 g/mol. The summed E-state index contributed by atoms with van der Waals surface area (Å²) in [5.74, 6) is 0.881. The molecule has 0 saturated heterocycles. The van der Waals surface area contributed by atoms with E-state index in [1.165, 1.54) is 0 Å². The van der Waals surface area contributed by atoms with Gasteiger partial charge in [-0.2, -0.15) is 0 Å². The van der Waals surface area contributed by atoms with Crippen LogP contribution in [0.1, 0.15) is 16.1 Å². The van der Waals surface area contributed by atoms with Crippen LogP contribution in [0, 0.1) is 0 Å². The molecule has 0 saturated carbocycles. The Balaban J connectivity index is 1.59. The number of rotatable bonds is 6. The van der Waals surface area contributed by atoms with E-state index in [9.17, 15) is 4.79 Å². The number of nitrogens with zero attached hydrogens (tertiary/aromatic N) is 2. The predicted octanol–water partition coefficient (Wildman–Crippen LogP) is 3.35. The van der Waals surface area contributed by atoms with E-state index in [1.807, 2.05) is 24.3 Å². The van der Waals surface area contributed by atoms with Gasteiger partial charge in [-0.1, -0.05) is 12.1 Å². The molecule has 126 valence electrons. The first-order chi connectivity index (χ1) is 12.2. The smallest absolute Gasteiger partial charge is 0.256 e. The summed E-state index contributed by atoms with van der Waals surface area (Å²) in [5.41, 5.74) is 2.31. The molecular formula is C19H18N4O2. The molecule has 2 aromatic heterocycles. The molecule has 0 spiro atoms. The van der Waals surface area contributed by atoms with Crippen molar-refractivity contribution in [1.82, 2.24) is 9.97 Å². The molecule has 3 rings (SSSR count). The van der Waals surface area contributed by atoms with E-state index in [0.29, 0.717) is 23.7 Å². The van der Waals surface area contributed by atoms with Crippen LogP contribution in [-0.2, 0) is 6.54 Å². The fraction of sp³-hybridized carbons (Fsp3) is 0.105. The Bertz CT molecular complexity index is 836. The first-order valence-corrected chi connectivity index (χ1v) is 7.80. The van der Waals surface area contributed by atoms with E-state index in [0.717, 1.165) is 11.4 Å². The Labute approximate surface area is 145 Å². The van der Waals surface area contributed by atoms with Crippen LogP contribution in [0.5, 0.6) is 5.75 Å². The highest BCUT2D eigenvalue weighted by molar-refractivity contribution is 6.04. The van der Waals surface area contributed by atoms with Crippen molar-refractivity contribution in [1.29, 1.82) is 0 Å². The quantitative estimate of drug-likeness (QED) is 0.723. The number of benzene rings is 1. The number of ether oxygens (including phenoxy) is 1. The Morgan fingerprint density at radius 3 is 2.72 bits per heavy atom. The summed E-state index contributed by atoms with van der Waals surface area (Å²) >= 11 is 0. The molecule has 0 radical (unpaired) electrons. The summed E-state index contributed by atoms with van der Waals surface area (Å²) in [6, 6.07) is 16.3. The number of methoxy groups -OCH3 is 1. The lowest BCUT2D eigenvalue weighted by molar-refractivity contribution is 0.102. The maximum absolute atomic E-state index is 12.2. The largest absolute Gasteiger partial charge is 0.497 e. The second kappa shape index (κ2) is 7.92. The van der Waals surface area contributed by atoms with Gasteiger partial charge >= 0.3 is 0 Å². The Hall–Kier alpha value is -3.41. The van der Waals surface area contributed by atoms with Gasteiger partial charge in [-0.05, 0) is 42.5 Å². The van der Waals surface area contributed by atoms with E-state index in [4.69, 9.17) is 4.74 Å². The molecule has 0 fully saturated rings. The van der Waals surface area contributed by atoms with Gasteiger partial charge in [-0.3, -0.25) is 9.78 Å². The minimum absolute atomic E-state index is 0.236. The fourth-order valence-corrected chi connectivity index (χ4v) is 2.22. The van der Waals surface area contributed by atoms with Crippen molar-refractivity contribution in [2.75, 3.05) is 17.7 Å². The zero-order valence-corrected chi connectivity index (χ0v) is 13.8. The molecule has 0 bridgehead atoms. The third kappa shape index (κ3) is 4.54. The molecule has 0 atom stereocenters. The van der Waals surface area contributed by atoms with E-state index in [-0.39, 0.29) is 5.91 Å². The summed E-state index contributed by atoms with van der Waals surface area (Å²) in [7, 11) is 1.56. The lowest BCUT2D eigenvalue weighted by Gasteiger charge is -2.08. The van der Waals surface area contributed by atoms with Crippen molar-refractivity contribution in [3.05, 3.63) is 78.2 Å². The van der Waals surface area contributed by atoms with Gasteiger partial charge in [-0.25, -0.2) is 4.98 Å². The molecule has 2 N–H and O–H groups in total. The predicted molar refractivity (Wildman–Crippen MR) is 96.7 cm³/mol. The number of hydrogen-bond donors (Lipinski definition) is 2. The first kappa shape index (κ1) is 16.4. The number of anilines is 2. The van der Waals surface area contributed by atoms with Crippen molar-refractivity contribution in [3.8, 4) is 5.75 Å². The third-order valence-electron chi connectivity index (χ3n) is 3.54. The van der Waals surface area contributed by atoms with Gasteiger partial charge in [0.25, 0.3) is 5.91 Å². The number of pyridine rings is 2. The number of amides is 1. The van der Waals surface area contributed by atoms with Crippen molar-refractivity contribution in [2.24, 2.45) is 0 Å². The van der Waals surface area contributed by atoms with E-state index in [2.05, 4.69) is 20.6 Å². The zero-order valence-electron chi connectivity index (χ0n) is 13.8. The standard InChI is InChI=1S/C19H18N4O2/c1-25-17-7-4-5-14(11-17)19(24)23-18-9-8-16(13-22-18)21-12-15-6-2-3-10-20-15/h2-11,13,21H,12H2,1H3,(H,22,23,24). The SMILES string of the molecule is COc1cccc(C(=O)Nc2ccc(NCc3ccccn3)cn2)c1. The Morgan fingerprint density at radius 1 is 1.08 bits per heavy atom. The molecule has 6 nitrogen and oxygen atoms in total. The molecule has 2 heterocycles. The van der Waals surface area contributed by atoms with Crippen molar-refractivity contribution in [3.63, 3.8) is 0 Å². The molecule has 6 heteroatoms. The monoisotopic (exact) mass is 334 g/mol. The number of nitrogens with one attached hydrogen (secondary N) is 2. The number of carbonyl (C=O) groups excluding carboxylic acids is 1. The highest BCUT2D eigenvalue weighted by Gasteiger charge is 2.08. The van der Waals surface area contributed by atoms with Crippen LogP contribution in [0.15, 0.2) is 67.0 Å². The second-order valence-electron chi connectivity index (χ2n) is 5.29. The topological polar surface area (TPSA) is 76.1 Å². The first-order valence-electron chi connectivity index (χ1n) is 7.80. The number of aromatic nitrogens is 2. The molecule has 1 amide bonds. The summed E-state index contributed by atoms with van der Waals surface area (Å²) in [5, 5.41) is 6.00. The average Bonchev–Trinajstić information content (AvgIpc) is 2.68. The zero-order chi connectivity index (χ0) is 17.5. The number of hydrogen-bond acceptors (Lipinski definition) is 5. The van der Waals surface area contributed by atoms with Gasteiger partial charge < -0.3 is 15.4 Å². The van der Waals surface area contributed by atoms with Gasteiger partial charge in [0.1, 0.15) is 11.6 Å². The van der Waals surface area contributed by atoms with Crippen LogP contribution in [0.3, 0.4) is 0 Å². The minimum atomic E-state index is -0.236. The van der Waals surface area contributed by atoms with E-state index >= 15 is 0 Å². The van der Waals surface area contributed by atoms with Gasteiger partial charge in [0.15, 0.2) is 0 Å². The Morgan fingerprint density at radius 2 is 2.00 bits per heavy atom. The lowest BCUT2D eigenvalue weighted by atomic mass is 10.2. The van der Waals surface area contributed by atoms with Crippen LogP contribution in [0.4, 0.5) is 11.5 Å². The van der Waals surface area contributed by atoms with Gasteiger partial charge in [0.05, 0.1) is 31.2 Å². The molecule has 0 unspecified atom stereocenters. The van der Waals surface area contributed by atoms with Crippen molar-refractivity contribution < 1.29 is 9.53 Å². The van der Waals surface area contributed by atoms with Crippen LogP contribution in [0.2, 0.25) is 0 Å². The Kier molecular flexibility index (Phi) is 5.21. The van der Waals surface area contributed by atoms with E-state index < -0.39 is 0 Å². The van der Waals surface area contributed by atoms with Gasteiger partial charge in [0, 0.05) is 11.8 Å². The lowest BCUT2D eigenvalue weighted by Crippen LogP contribution is -2.13. The molecular weight excluding hydrogens is 316 g/mol. The maximum atomic E-state index is 12.2.